The van der Waals surface area contributed by atoms with Crippen LogP contribution in [-0.2, 0) is 4.79 Å². The summed E-state index contributed by atoms with van der Waals surface area (Å²) in [6.07, 6.45) is 1.70. The molecule has 0 saturated carbocycles. The van der Waals surface area contributed by atoms with Crippen LogP contribution >= 0.6 is 35.0 Å². The number of carbonyl (C=O) groups is 1. The summed E-state index contributed by atoms with van der Waals surface area (Å²) in [5.74, 6) is 0.246. The van der Waals surface area contributed by atoms with E-state index in [9.17, 15) is 4.79 Å². The number of carbonyl (C=O) groups excluding carboxylic acids is 1. The van der Waals surface area contributed by atoms with Crippen LogP contribution in [0.5, 0.6) is 0 Å². The van der Waals surface area contributed by atoms with Crippen molar-refractivity contribution in [1.82, 2.24) is 10.3 Å². The maximum Gasteiger partial charge on any atom is 0.230 e. The highest BCUT2D eigenvalue weighted by Crippen LogP contribution is 2.26. The Balaban J connectivity index is 1.90. The van der Waals surface area contributed by atoms with Crippen LogP contribution in [0, 0.1) is 0 Å². The van der Waals surface area contributed by atoms with E-state index in [-0.39, 0.29) is 11.9 Å². The molecule has 0 fully saturated rings. The highest BCUT2D eigenvalue weighted by molar-refractivity contribution is 7.99. The molecule has 3 nitrogen and oxygen atoms in total. The predicted octanol–water partition coefficient (Wildman–Crippen LogP) is 4.36. The van der Waals surface area contributed by atoms with Crippen LogP contribution in [-0.4, -0.2) is 16.6 Å². The zero-order valence-corrected chi connectivity index (χ0v) is 13.7. The van der Waals surface area contributed by atoms with E-state index >= 15 is 0 Å². The average molecular weight is 341 g/mol. The molecule has 1 heterocycles. The molecule has 6 heteroatoms. The summed E-state index contributed by atoms with van der Waals surface area (Å²) >= 11 is 13.4. The summed E-state index contributed by atoms with van der Waals surface area (Å²) in [6, 6.07) is 10.7. The van der Waals surface area contributed by atoms with Gasteiger partial charge < -0.3 is 5.32 Å². The number of benzene rings is 1. The summed E-state index contributed by atoms with van der Waals surface area (Å²) in [7, 11) is 0. The maximum absolute atomic E-state index is 11.9. The first kappa shape index (κ1) is 16.1. The molecular formula is C15H14Cl2N2OS. The maximum atomic E-state index is 11.9. The van der Waals surface area contributed by atoms with Crippen LogP contribution in [0.3, 0.4) is 0 Å². The first-order chi connectivity index (χ1) is 10.1. The van der Waals surface area contributed by atoms with E-state index in [4.69, 9.17) is 23.2 Å². The first-order valence-corrected chi connectivity index (χ1v) is 8.08. The van der Waals surface area contributed by atoms with Gasteiger partial charge in [-0.3, -0.25) is 4.79 Å². The molecular weight excluding hydrogens is 327 g/mol. The Bertz CT molecular complexity index is 622. The molecule has 1 aromatic carbocycles. The van der Waals surface area contributed by atoms with Crippen molar-refractivity contribution in [2.45, 2.75) is 18.0 Å². The molecule has 0 aliphatic carbocycles. The zero-order valence-electron chi connectivity index (χ0n) is 11.3. The van der Waals surface area contributed by atoms with Crippen molar-refractivity contribution in [2.75, 3.05) is 5.75 Å². The average Bonchev–Trinajstić information content (AvgIpc) is 2.46. The second-order valence-corrected chi connectivity index (χ2v) is 6.25. The van der Waals surface area contributed by atoms with E-state index in [0.717, 1.165) is 10.6 Å². The molecule has 0 aliphatic rings. The Morgan fingerprint density at radius 3 is 2.81 bits per heavy atom. The molecule has 0 saturated heterocycles. The summed E-state index contributed by atoms with van der Waals surface area (Å²) in [5.41, 5.74) is 0.845. The van der Waals surface area contributed by atoms with E-state index in [0.29, 0.717) is 15.8 Å². The normalized spacial score (nSPS) is 12.0. The third-order valence-corrected chi connectivity index (χ3v) is 4.30. The molecule has 110 valence electrons. The second kappa shape index (κ2) is 7.69. The van der Waals surface area contributed by atoms with Crippen LogP contribution < -0.4 is 5.32 Å². The van der Waals surface area contributed by atoms with Gasteiger partial charge in [-0.25, -0.2) is 4.98 Å². The minimum Gasteiger partial charge on any atom is -0.349 e. The SMILES string of the molecule is CC(NC(=O)CSc1ccccn1)c1ccc(Cl)cc1Cl. The minimum absolute atomic E-state index is 0.0656. The second-order valence-electron chi connectivity index (χ2n) is 4.41. The lowest BCUT2D eigenvalue weighted by atomic mass is 10.1. The number of thioether (sulfide) groups is 1. The lowest BCUT2D eigenvalue weighted by molar-refractivity contribution is -0.119. The van der Waals surface area contributed by atoms with E-state index in [2.05, 4.69) is 10.3 Å². The van der Waals surface area contributed by atoms with Crippen molar-refractivity contribution < 1.29 is 4.79 Å². The number of halogens is 2. The third-order valence-electron chi connectivity index (χ3n) is 2.80. The van der Waals surface area contributed by atoms with Gasteiger partial charge in [0.25, 0.3) is 0 Å². The van der Waals surface area contributed by atoms with Crippen LogP contribution in [0.25, 0.3) is 0 Å². The van der Waals surface area contributed by atoms with Gasteiger partial charge in [0, 0.05) is 16.2 Å². The van der Waals surface area contributed by atoms with Crippen molar-refractivity contribution in [3.05, 3.63) is 58.2 Å². The minimum atomic E-state index is -0.174. The smallest absolute Gasteiger partial charge is 0.230 e. The van der Waals surface area contributed by atoms with Gasteiger partial charge in [0.15, 0.2) is 0 Å². The largest absolute Gasteiger partial charge is 0.349 e. The number of rotatable bonds is 5. The number of aromatic nitrogens is 1. The number of hydrogen-bond donors (Lipinski definition) is 1. The van der Waals surface area contributed by atoms with E-state index in [1.807, 2.05) is 31.2 Å². The van der Waals surface area contributed by atoms with Gasteiger partial charge in [-0.1, -0.05) is 47.1 Å². The molecule has 0 aliphatic heterocycles. The summed E-state index contributed by atoms with van der Waals surface area (Å²) < 4.78 is 0. The topological polar surface area (TPSA) is 42.0 Å². The number of amides is 1. The van der Waals surface area contributed by atoms with Crippen molar-refractivity contribution >= 4 is 40.9 Å². The van der Waals surface area contributed by atoms with Gasteiger partial charge in [-0.15, -0.1) is 0 Å². The van der Waals surface area contributed by atoms with Crippen molar-refractivity contribution in [2.24, 2.45) is 0 Å². The van der Waals surface area contributed by atoms with Crippen molar-refractivity contribution in [1.29, 1.82) is 0 Å². The van der Waals surface area contributed by atoms with Gasteiger partial charge >= 0.3 is 0 Å². The highest BCUT2D eigenvalue weighted by Gasteiger charge is 2.13. The third kappa shape index (κ3) is 4.92. The van der Waals surface area contributed by atoms with Crippen LogP contribution in [0.1, 0.15) is 18.5 Å². The standard InChI is InChI=1S/C15H14Cl2N2OS/c1-10(12-6-5-11(16)8-13(12)17)19-14(20)9-21-15-4-2-3-7-18-15/h2-8,10H,9H2,1H3,(H,19,20). The number of hydrogen-bond acceptors (Lipinski definition) is 3. The van der Waals surface area contributed by atoms with Gasteiger partial charge in [0.1, 0.15) is 0 Å². The number of nitrogens with zero attached hydrogens (tertiary/aromatic N) is 1. The Hall–Kier alpha value is -1.23. The van der Waals surface area contributed by atoms with Crippen LogP contribution in [0.4, 0.5) is 0 Å². The molecule has 0 bridgehead atoms. The lowest BCUT2D eigenvalue weighted by Gasteiger charge is -2.15. The fraction of sp³-hybridized carbons (Fsp3) is 0.200. The van der Waals surface area contributed by atoms with E-state index in [1.165, 1.54) is 11.8 Å². The summed E-state index contributed by atoms with van der Waals surface area (Å²) in [4.78, 5) is 16.1. The fourth-order valence-corrected chi connectivity index (χ4v) is 3.03. The molecule has 1 aromatic heterocycles. The summed E-state index contributed by atoms with van der Waals surface area (Å²) in [6.45, 7) is 1.89. The van der Waals surface area contributed by atoms with Gasteiger partial charge in [0.2, 0.25) is 5.91 Å². The quantitative estimate of drug-likeness (QED) is 0.822. The Labute approximate surface area is 138 Å². The molecule has 2 rings (SSSR count). The van der Waals surface area contributed by atoms with Crippen LogP contribution in [0.15, 0.2) is 47.6 Å². The Morgan fingerprint density at radius 2 is 2.14 bits per heavy atom. The molecule has 1 unspecified atom stereocenters. The zero-order chi connectivity index (χ0) is 15.2. The first-order valence-electron chi connectivity index (χ1n) is 6.34. The number of pyridine rings is 1. The fourth-order valence-electron chi connectivity index (χ4n) is 1.79. The van der Waals surface area contributed by atoms with Crippen molar-refractivity contribution in [3.63, 3.8) is 0 Å². The van der Waals surface area contributed by atoms with Gasteiger partial charge in [-0.05, 0) is 36.8 Å². The summed E-state index contributed by atoms with van der Waals surface area (Å²) in [5, 5.41) is 4.86. The molecule has 2 aromatic rings. The molecule has 1 N–H and O–H groups in total. The van der Waals surface area contributed by atoms with Crippen molar-refractivity contribution in [3.8, 4) is 0 Å². The monoisotopic (exact) mass is 340 g/mol. The van der Waals surface area contributed by atoms with Crippen LogP contribution in [0.2, 0.25) is 10.0 Å². The van der Waals surface area contributed by atoms with Gasteiger partial charge in [-0.2, -0.15) is 0 Å². The molecule has 1 amide bonds. The molecule has 0 spiro atoms. The molecule has 21 heavy (non-hydrogen) atoms. The highest BCUT2D eigenvalue weighted by atomic mass is 35.5. The number of nitrogens with one attached hydrogen (secondary N) is 1. The van der Waals surface area contributed by atoms with E-state index in [1.54, 1.807) is 18.3 Å². The molecule has 1 atom stereocenters. The molecule has 0 radical (unpaired) electrons. The van der Waals surface area contributed by atoms with E-state index < -0.39 is 0 Å². The Kier molecular flexibility index (Phi) is 5.91. The predicted molar refractivity (Wildman–Crippen MR) is 88.0 cm³/mol. The lowest BCUT2D eigenvalue weighted by Crippen LogP contribution is -2.28. The Morgan fingerprint density at radius 1 is 1.33 bits per heavy atom. The van der Waals surface area contributed by atoms with Gasteiger partial charge in [0.05, 0.1) is 16.8 Å².